The molecule has 0 aliphatic rings. The van der Waals surface area contributed by atoms with E-state index in [1.807, 2.05) is 6.07 Å². The first kappa shape index (κ1) is 13.2. The Kier molecular flexibility index (Phi) is 6.88. The van der Waals surface area contributed by atoms with Crippen LogP contribution in [0.1, 0.15) is 24.9 Å². The van der Waals surface area contributed by atoms with Crippen LogP contribution in [0, 0.1) is 0 Å². The molecular formula is C12H21NO3. The van der Waals surface area contributed by atoms with Crippen molar-refractivity contribution in [2.45, 2.75) is 19.4 Å². The normalized spacial score (nSPS) is 12.9. The van der Waals surface area contributed by atoms with Gasteiger partial charge < -0.3 is 19.2 Å². The molecule has 4 nitrogen and oxygen atoms in total. The molecule has 0 saturated heterocycles. The zero-order valence-electron chi connectivity index (χ0n) is 10.1. The number of hydrogen-bond donors (Lipinski definition) is 1. The van der Waals surface area contributed by atoms with Crippen LogP contribution in [0.15, 0.2) is 23.0 Å². The van der Waals surface area contributed by atoms with E-state index >= 15 is 0 Å². The van der Waals surface area contributed by atoms with Crippen LogP contribution in [-0.2, 0) is 9.47 Å². The van der Waals surface area contributed by atoms with Crippen molar-refractivity contribution in [2.75, 3.05) is 33.5 Å². The minimum absolute atomic E-state index is 0.331. The average Bonchev–Trinajstić information content (AvgIpc) is 2.81. The lowest BCUT2D eigenvalue weighted by Crippen LogP contribution is -2.20. The molecular weight excluding hydrogens is 206 g/mol. The molecule has 16 heavy (non-hydrogen) atoms. The molecule has 0 fully saturated rings. The third-order valence-electron chi connectivity index (χ3n) is 2.39. The Bertz CT molecular complexity index is 249. The zero-order chi connectivity index (χ0) is 11.6. The van der Waals surface area contributed by atoms with Crippen molar-refractivity contribution in [3.8, 4) is 0 Å². The number of furan rings is 1. The van der Waals surface area contributed by atoms with E-state index in [1.54, 1.807) is 19.6 Å². The van der Waals surface area contributed by atoms with E-state index in [9.17, 15) is 0 Å². The first-order valence-electron chi connectivity index (χ1n) is 5.66. The van der Waals surface area contributed by atoms with Crippen LogP contribution in [0.3, 0.4) is 0 Å². The van der Waals surface area contributed by atoms with Gasteiger partial charge in [-0.05, 0) is 26.0 Å². The van der Waals surface area contributed by atoms with Gasteiger partial charge in [0.25, 0.3) is 0 Å². The quantitative estimate of drug-likeness (QED) is 0.655. The van der Waals surface area contributed by atoms with Crippen LogP contribution in [0.25, 0.3) is 0 Å². The summed E-state index contributed by atoms with van der Waals surface area (Å²) in [6.07, 6.45) is 4.47. The molecule has 0 aliphatic heterocycles. The van der Waals surface area contributed by atoms with Crippen molar-refractivity contribution >= 4 is 0 Å². The summed E-state index contributed by atoms with van der Waals surface area (Å²) in [5, 5.41) is 3.40. The maximum Gasteiger partial charge on any atom is 0.0950 e. The summed E-state index contributed by atoms with van der Waals surface area (Å²) in [6.45, 7) is 5.18. The van der Waals surface area contributed by atoms with E-state index in [1.165, 1.54) is 5.56 Å². The zero-order valence-corrected chi connectivity index (χ0v) is 10.1. The SMILES string of the molecule is COCCOCCCNC(C)c1ccoc1. The topological polar surface area (TPSA) is 43.6 Å². The van der Waals surface area contributed by atoms with Crippen molar-refractivity contribution in [2.24, 2.45) is 0 Å². The van der Waals surface area contributed by atoms with Gasteiger partial charge in [-0.2, -0.15) is 0 Å². The fraction of sp³-hybridized carbons (Fsp3) is 0.667. The summed E-state index contributed by atoms with van der Waals surface area (Å²) in [5.41, 5.74) is 1.18. The molecule has 0 bridgehead atoms. The molecule has 1 unspecified atom stereocenters. The predicted octanol–water partition coefficient (Wildman–Crippen LogP) is 1.98. The molecule has 1 heterocycles. The summed E-state index contributed by atoms with van der Waals surface area (Å²) in [5.74, 6) is 0. The average molecular weight is 227 g/mol. The van der Waals surface area contributed by atoms with Crippen molar-refractivity contribution in [3.05, 3.63) is 24.2 Å². The van der Waals surface area contributed by atoms with E-state index in [4.69, 9.17) is 13.9 Å². The van der Waals surface area contributed by atoms with Crippen molar-refractivity contribution in [1.29, 1.82) is 0 Å². The maximum absolute atomic E-state index is 5.36. The van der Waals surface area contributed by atoms with Gasteiger partial charge in [0.05, 0.1) is 25.7 Å². The minimum Gasteiger partial charge on any atom is -0.472 e. The van der Waals surface area contributed by atoms with Gasteiger partial charge in [0.2, 0.25) is 0 Å². The van der Waals surface area contributed by atoms with Crippen molar-refractivity contribution in [1.82, 2.24) is 5.32 Å². The molecule has 0 aliphatic carbocycles. The third kappa shape index (κ3) is 5.30. The number of rotatable bonds is 9. The second-order valence-corrected chi connectivity index (χ2v) is 3.69. The second kappa shape index (κ2) is 8.33. The molecule has 4 heteroatoms. The van der Waals surface area contributed by atoms with Crippen LogP contribution < -0.4 is 5.32 Å². The highest BCUT2D eigenvalue weighted by molar-refractivity contribution is 5.09. The van der Waals surface area contributed by atoms with E-state index < -0.39 is 0 Å². The number of ether oxygens (including phenoxy) is 2. The summed E-state index contributed by atoms with van der Waals surface area (Å²) in [6, 6.07) is 2.31. The molecule has 1 N–H and O–H groups in total. The smallest absolute Gasteiger partial charge is 0.0950 e. The highest BCUT2D eigenvalue weighted by Gasteiger charge is 2.04. The molecule has 0 saturated carbocycles. The van der Waals surface area contributed by atoms with Gasteiger partial charge >= 0.3 is 0 Å². The number of hydrogen-bond acceptors (Lipinski definition) is 4. The van der Waals surface area contributed by atoms with Gasteiger partial charge in [0, 0.05) is 25.3 Å². The van der Waals surface area contributed by atoms with E-state index in [-0.39, 0.29) is 0 Å². The van der Waals surface area contributed by atoms with E-state index in [2.05, 4.69) is 12.2 Å². The van der Waals surface area contributed by atoms with Gasteiger partial charge in [-0.25, -0.2) is 0 Å². The van der Waals surface area contributed by atoms with Crippen LogP contribution in [-0.4, -0.2) is 33.5 Å². The molecule has 92 valence electrons. The van der Waals surface area contributed by atoms with Crippen LogP contribution in [0.5, 0.6) is 0 Å². The van der Waals surface area contributed by atoms with Gasteiger partial charge in [-0.3, -0.25) is 0 Å². The van der Waals surface area contributed by atoms with Gasteiger partial charge in [-0.1, -0.05) is 0 Å². The molecule has 1 atom stereocenters. The minimum atomic E-state index is 0.331. The summed E-state index contributed by atoms with van der Waals surface area (Å²) < 4.78 is 15.3. The summed E-state index contributed by atoms with van der Waals surface area (Å²) in [4.78, 5) is 0. The van der Waals surface area contributed by atoms with Crippen LogP contribution in [0.4, 0.5) is 0 Å². The first-order valence-corrected chi connectivity index (χ1v) is 5.66. The molecule has 1 aromatic heterocycles. The van der Waals surface area contributed by atoms with Gasteiger partial charge in [0.1, 0.15) is 0 Å². The van der Waals surface area contributed by atoms with Crippen LogP contribution >= 0.6 is 0 Å². The highest BCUT2D eigenvalue weighted by atomic mass is 16.5. The Hall–Kier alpha value is -0.840. The second-order valence-electron chi connectivity index (χ2n) is 3.69. The lowest BCUT2D eigenvalue weighted by atomic mass is 10.2. The van der Waals surface area contributed by atoms with Gasteiger partial charge in [0.15, 0.2) is 0 Å². The van der Waals surface area contributed by atoms with Crippen molar-refractivity contribution < 1.29 is 13.9 Å². The Labute approximate surface area is 96.9 Å². The molecule has 1 aromatic rings. The van der Waals surface area contributed by atoms with E-state index in [0.717, 1.165) is 19.6 Å². The number of nitrogens with one attached hydrogen (secondary N) is 1. The summed E-state index contributed by atoms with van der Waals surface area (Å²) in [7, 11) is 1.68. The Morgan fingerprint density at radius 2 is 2.25 bits per heavy atom. The fourth-order valence-corrected chi connectivity index (χ4v) is 1.38. The molecule has 0 amide bonds. The Morgan fingerprint density at radius 1 is 1.38 bits per heavy atom. The molecule has 1 rings (SSSR count). The highest BCUT2D eigenvalue weighted by Crippen LogP contribution is 2.11. The standard InChI is InChI=1S/C12H21NO3/c1-11(12-4-7-16-10-12)13-5-3-6-15-9-8-14-2/h4,7,10-11,13H,3,5-6,8-9H2,1-2H3. The molecule has 0 aromatic carbocycles. The largest absolute Gasteiger partial charge is 0.472 e. The van der Waals surface area contributed by atoms with Crippen molar-refractivity contribution in [3.63, 3.8) is 0 Å². The molecule has 0 radical (unpaired) electrons. The van der Waals surface area contributed by atoms with Crippen LogP contribution in [0.2, 0.25) is 0 Å². The third-order valence-corrected chi connectivity index (χ3v) is 2.39. The fourth-order valence-electron chi connectivity index (χ4n) is 1.38. The Morgan fingerprint density at radius 3 is 2.94 bits per heavy atom. The van der Waals surface area contributed by atoms with E-state index in [0.29, 0.717) is 19.3 Å². The lowest BCUT2D eigenvalue weighted by molar-refractivity contribution is 0.0693. The monoisotopic (exact) mass is 227 g/mol. The lowest BCUT2D eigenvalue weighted by Gasteiger charge is -2.11. The predicted molar refractivity (Wildman–Crippen MR) is 62.4 cm³/mol. The maximum atomic E-state index is 5.36. The van der Waals surface area contributed by atoms with Gasteiger partial charge in [-0.15, -0.1) is 0 Å². The number of methoxy groups -OCH3 is 1. The first-order chi connectivity index (χ1) is 7.84. The molecule has 0 spiro atoms. The Balaban J connectivity index is 1.95. The summed E-state index contributed by atoms with van der Waals surface area (Å²) >= 11 is 0.